The monoisotopic (exact) mass is 325 g/mol. The van der Waals surface area contributed by atoms with Gasteiger partial charge < -0.3 is 14.4 Å². The number of alkyl halides is 3. The smallest absolute Gasteiger partial charge is 0.388 e. The minimum absolute atomic E-state index is 0.179. The van der Waals surface area contributed by atoms with E-state index < -0.39 is 17.5 Å². The van der Waals surface area contributed by atoms with Gasteiger partial charge in [0, 0.05) is 13.2 Å². The number of aromatic nitrogens is 3. The van der Waals surface area contributed by atoms with Crippen LogP contribution < -0.4 is 0 Å². The molecule has 1 fully saturated rings. The molecular formula is C12H18F3N3O2S. The van der Waals surface area contributed by atoms with Crippen molar-refractivity contribution in [3.63, 3.8) is 0 Å². The standard InChI is InChI=1S/C12H18F3N3O2S/c1-2-5-18-9(7-19)16-17-11(18)21-10(12(13,14)15)8-4-3-6-20-8/h8,10,19H,2-7H2,1H3. The molecule has 0 amide bonds. The molecule has 0 saturated carbocycles. The fraction of sp³-hybridized carbons (Fsp3) is 0.833. The Hall–Kier alpha value is -0.800. The summed E-state index contributed by atoms with van der Waals surface area (Å²) < 4.78 is 46.5. The summed E-state index contributed by atoms with van der Waals surface area (Å²) in [4.78, 5) is 0. The van der Waals surface area contributed by atoms with Crippen molar-refractivity contribution in [2.24, 2.45) is 0 Å². The van der Waals surface area contributed by atoms with Gasteiger partial charge in [-0.25, -0.2) is 0 Å². The van der Waals surface area contributed by atoms with Crippen molar-refractivity contribution in [3.05, 3.63) is 5.82 Å². The second kappa shape index (κ2) is 6.97. The molecule has 0 aliphatic carbocycles. The molecule has 2 rings (SSSR count). The first-order valence-electron chi connectivity index (χ1n) is 6.85. The summed E-state index contributed by atoms with van der Waals surface area (Å²) in [5.41, 5.74) is 0. The lowest BCUT2D eigenvalue weighted by Crippen LogP contribution is -2.37. The van der Waals surface area contributed by atoms with Gasteiger partial charge in [-0.2, -0.15) is 13.2 Å². The maximum absolute atomic E-state index is 13.3. The molecule has 1 aliphatic rings. The maximum Gasteiger partial charge on any atom is 0.403 e. The highest BCUT2D eigenvalue weighted by Gasteiger charge is 2.48. The first-order chi connectivity index (χ1) is 9.97. The first kappa shape index (κ1) is 16.6. The summed E-state index contributed by atoms with van der Waals surface area (Å²) in [5.74, 6) is 0.285. The van der Waals surface area contributed by atoms with Crippen molar-refractivity contribution >= 4 is 11.8 Å². The predicted octanol–water partition coefficient (Wildman–Crippen LogP) is 2.38. The van der Waals surface area contributed by atoms with Gasteiger partial charge in [-0.15, -0.1) is 10.2 Å². The Bertz CT molecular complexity index is 461. The van der Waals surface area contributed by atoms with E-state index in [1.54, 1.807) is 4.57 Å². The van der Waals surface area contributed by atoms with Crippen molar-refractivity contribution in [2.45, 2.75) is 62.0 Å². The van der Waals surface area contributed by atoms with Crippen LogP contribution in [0.5, 0.6) is 0 Å². The molecular weight excluding hydrogens is 307 g/mol. The lowest BCUT2D eigenvalue weighted by Gasteiger charge is -2.24. The Balaban J connectivity index is 2.22. The second-order valence-electron chi connectivity index (χ2n) is 4.84. The van der Waals surface area contributed by atoms with Crippen LogP contribution in [0.1, 0.15) is 32.0 Å². The van der Waals surface area contributed by atoms with E-state index in [2.05, 4.69) is 10.2 Å². The van der Waals surface area contributed by atoms with Crippen molar-refractivity contribution in [1.82, 2.24) is 14.8 Å². The number of aliphatic hydroxyl groups is 1. The molecule has 1 N–H and O–H groups in total. The molecule has 120 valence electrons. The van der Waals surface area contributed by atoms with Crippen LogP contribution in [0, 0.1) is 0 Å². The predicted molar refractivity (Wildman–Crippen MR) is 70.9 cm³/mol. The number of aliphatic hydroxyl groups excluding tert-OH is 1. The lowest BCUT2D eigenvalue weighted by atomic mass is 10.2. The topological polar surface area (TPSA) is 60.2 Å². The van der Waals surface area contributed by atoms with Gasteiger partial charge in [-0.3, -0.25) is 0 Å². The van der Waals surface area contributed by atoms with Crippen molar-refractivity contribution in [2.75, 3.05) is 6.61 Å². The summed E-state index contributed by atoms with van der Waals surface area (Å²) >= 11 is 0.624. The van der Waals surface area contributed by atoms with E-state index in [1.165, 1.54) is 0 Å². The molecule has 21 heavy (non-hydrogen) atoms. The molecule has 2 unspecified atom stereocenters. The Morgan fingerprint density at radius 1 is 1.48 bits per heavy atom. The molecule has 2 heterocycles. The lowest BCUT2D eigenvalue weighted by molar-refractivity contribution is -0.148. The van der Waals surface area contributed by atoms with Gasteiger partial charge in [-0.1, -0.05) is 18.7 Å². The van der Waals surface area contributed by atoms with E-state index in [1.807, 2.05) is 6.92 Å². The van der Waals surface area contributed by atoms with Crippen molar-refractivity contribution in [3.8, 4) is 0 Å². The molecule has 0 aromatic carbocycles. The minimum Gasteiger partial charge on any atom is -0.388 e. The van der Waals surface area contributed by atoms with Crippen LogP contribution in [0.25, 0.3) is 0 Å². The molecule has 0 spiro atoms. The average Bonchev–Trinajstić information content (AvgIpc) is 3.04. The van der Waals surface area contributed by atoms with E-state index in [4.69, 9.17) is 4.74 Å². The van der Waals surface area contributed by atoms with E-state index in [-0.39, 0.29) is 17.6 Å². The minimum atomic E-state index is -4.37. The summed E-state index contributed by atoms with van der Waals surface area (Å²) in [6, 6.07) is 0. The van der Waals surface area contributed by atoms with Crippen LogP contribution in [0.15, 0.2) is 5.16 Å². The fourth-order valence-corrected chi connectivity index (χ4v) is 3.42. The molecule has 1 aromatic heterocycles. The van der Waals surface area contributed by atoms with E-state index in [0.717, 1.165) is 6.42 Å². The molecule has 2 atom stereocenters. The van der Waals surface area contributed by atoms with Gasteiger partial charge in [0.15, 0.2) is 11.0 Å². The number of halogens is 3. The van der Waals surface area contributed by atoms with Crippen LogP contribution in [0.4, 0.5) is 13.2 Å². The zero-order valence-corrected chi connectivity index (χ0v) is 12.5. The second-order valence-corrected chi connectivity index (χ2v) is 5.95. The van der Waals surface area contributed by atoms with Crippen LogP contribution in [0.3, 0.4) is 0 Å². The summed E-state index contributed by atoms with van der Waals surface area (Å²) in [6.45, 7) is 2.39. The number of hydrogen-bond donors (Lipinski definition) is 1. The van der Waals surface area contributed by atoms with Crippen LogP contribution in [0.2, 0.25) is 0 Å². The maximum atomic E-state index is 13.3. The quantitative estimate of drug-likeness (QED) is 0.814. The highest BCUT2D eigenvalue weighted by molar-refractivity contribution is 7.99. The molecule has 1 aliphatic heterocycles. The van der Waals surface area contributed by atoms with Gasteiger partial charge in [0.2, 0.25) is 0 Å². The van der Waals surface area contributed by atoms with Gasteiger partial charge >= 0.3 is 6.18 Å². The number of rotatable bonds is 6. The summed E-state index contributed by atoms with van der Waals surface area (Å²) in [7, 11) is 0. The van der Waals surface area contributed by atoms with Gasteiger partial charge in [0.25, 0.3) is 0 Å². The average molecular weight is 325 g/mol. The zero-order chi connectivity index (χ0) is 15.5. The van der Waals surface area contributed by atoms with Gasteiger partial charge in [-0.05, 0) is 19.3 Å². The highest BCUT2D eigenvalue weighted by atomic mass is 32.2. The molecule has 0 radical (unpaired) electrons. The third-order valence-corrected chi connectivity index (χ3v) is 4.58. The normalized spacial score (nSPS) is 20.9. The molecule has 1 saturated heterocycles. The van der Waals surface area contributed by atoms with Gasteiger partial charge in [0.05, 0.1) is 6.10 Å². The molecule has 5 nitrogen and oxygen atoms in total. The fourth-order valence-electron chi connectivity index (χ4n) is 2.28. The van der Waals surface area contributed by atoms with Crippen LogP contribution in [-0.2, 0) is 17.9 Å². The summed E-state index contributed by atoms with van der Waals surface area (Å²) in [5, 5.41) is 15.2. The Labute approximate surface area is 124 Å². The molecule has 0 bridgehead atoms. The summed E-state index contributed by atoms with van der Waals surface area (Å²) in [6.07, 6.45) is -3.47. The largest absolute Gasteiger partial charge is 0.403 e. The number of nitrogens with zero attached hydrogens (tertiary/aromatic N) is 3. The van der Waals surface area contributed by atoms with Gasteiger partial charge in [0.1, 0.15) is 11.9 Å². The Kier molecular flexibility index (Phi) is 5.50. The SMILES string of the molecule is CCCn1c(CO)nnc1SC(C1CCCO1)C(F)(F)F. The first-order valence-corrected chi connectivity index (χ1v) is 7.73. The van der Waals surface area contributed by atoms with Crippen molar-refractivity contribution < 1.29 is 23.0 Å². The Morgan fingerprint density at radius 2 is 2.24 bits per heavy atom. The van der Waals surface area contributed by atoms with Crippen molar-refractivity contribution in [1.29, 1.82) is 0 Å². The van der Waals surface area contributed by atoms with Crippen LogP contribution in [-0.4, -0.2) is 44.0 Å². The van der Waals surface area contributed by atoms with E-state index in [0.29, 0.717) is 37.8 Å². The number of hydrogen-bond acceptors (Lipinski definition) is 5. The third-order valence-electron chi connectivity index (χ3n) is 3.24. The van der Waals surface area contributed by atoms with Crippen LogP contribution >= 0.6 is 11.8 Å². The molecule has 1 aromatic rings. The highest BCUT2D eigenvalue weighted by Crippen LogP contribution is 2.40. The third kappa shape index (κ3) is 3.89. The zero-order valence-electron chi connectivity index (χ0n) is 11.6. The van der Waals surface area contributed by atoms with E-state index in [9.17, 15) is 18.3 Å². The number of thioether (sulfide) groups is 1. The van der Waals surface area contributed by atoms with E-state index >= 15 is 0 Å². The molecule has 9 heteroatoms. The number of ether oxygens (including phenoxy) is 1. The Morgan fingerprint density at radius 3 is 2.76 bits per heavy atom.